The summed E-state index contributed by atoms with van der Waals surface area (Å²) in [5.74, 6) is 1.80. The van der Waals surface area contributed by atoms with E-state index in [9.17, 15) is 0 Å². The predicted octanol–water partition coefficient (Wildman–Crippen LogP) is 3.98. The molecule has 0 radical (unpaired) electrons. The number of anilines is 3. The summed E-state index contributed by atoms with van der Waals surface area (Å²) in [6.45, 7) is 3.83. The summed E-state index contributed by atoms with van der Waals surface area (Å²) in [5.41, 5.74) is 7.35. The van der Waals surface area contributed by atoms with Crippen molar-refractivity contribution in [2.45, 2.75) is 20.3 Å². The number of aromatic nitrogens is 2. The van der Waals surface area contributed by atoms with Gasteiger partial charge in [0.1, 0.15) is 17.5 Å². The first-order chi connectivity index (χ1) is 9.02. The molecule has 1 aromatic carbocycles. The summed E-state index contributed by atoms with van der Waals surface area (Å²) in [5, 5.41) is 4.09. The Bertz CT molecular complexity index is 614. The summed E-state index contributed by atoms with van der Waals surface area (Å²) in [4.78, 5) is 8.61. The van der Waals surface area contributed by atoms with Crippen molar-refractivity contribution in [3.8, 4) is 0 Å². The van der Waals surface area contributed by atoms with Crippen LogP contribution in [0.4, 0.5) is 17.3 Å². The van der Waals surface area contributed by atoms with Gasteiger partial charge in [-0.2, -0.15) is 0 Å². The van der Waals surface area contributed by atoms with Gasteiger partial charge in [-0.3, -0.25) is 0 Å². The molecule has 2 aromatic rings. The van der Waals surface area contributed by atoms with Crippen molar-refractivity contribution in [3.05, 3.63) is 39.6 Å². The van der Waals surface area contributed by atoms with Gasteiger partial charge in [-0.15, -0.1) is 0 Å². The van der Waals surface area contributed by atoms with Gasteiger partial charge in [-0.05, 0) is 19.1 Å². The van der Waals surface area contributed by atoms with Crippen molar-refractivity contribution in [2.24, 2.45) is 0 Å². The Morgan fingerprint density at radius 3 is 2.68 bits per heavy atom. The zero-order valence-corrected chi connectivity index (χ0v) is 12.2. The zero-order chi connectivity index (χ0) is 14.0. The van der Waals surface area contributed by atoms with E-state index in [0.717, 1.165) is 5.56 Å². The van der Waals surface area contributed by atoms with Crippen LogP contribution in [-0.4, -0.2) is 9.97 Å². The molecule has 1 aromatic heterocycles. The van der Waals surface area contributed by atoms with Gasteiger partial charge in [-0.1, -0.05) is 36.2 Å². The molecule has 6 heteroatoms. The molecule has 0 unspecified atom stereocenters. The predicted molar refractivity (Wildman–Crippen MR) is 80.3 cm³/mol. The molecule has 0 saturated carbocycles. The molecule has 0 amide bonds. The van der Waals surface area contributed by atoms with Gasteiger partial charge in [0.25, 0.3) is 0 Å². The first-order valence-electron chi connectivity index (χ1n) is 5.87. The number of nitrogens with zero attached hydrogens (tertiary/aromatic N) is 2. The van der Waals surface area contributed by atoms with Crippen molar-refractivity contribution >= 4 is 40.5 Å². The maximum atomic E-state index is 6.14. The quantitative estimate of drug-likeness (QED) is 0.899. The van der Waals surface area contributed by atoms with E-state index >= 15 is 0 Å². The van der Waals surface area contributed by atoms with E-state index in [1.807, 2.05) is 26.0 Å². The Morgan fingerprint density at radius 1 is 1.26 bits per heavy atom. The highest BCUT2D eigenvalue weighted by Crippen LogP contribution is 2.32. The van der Waals surface area contributed by atoms with E-state index in [1.165, 1.54) is 0 Å². The second-order valence-electron chi connectivity index (χ2n) is 4.08. The maximum Gasteiger partial charge on any atom is 0.139 e. The number of nitrogen functional groups attached to an aromatic ring is 1. The van der Waals surface area contributed by atoms with Gasteiger partial charge >= 0.3 is 0 Å². The number of nitrogens with two attached hydrogens (primary N) is 1. The molecular formula is C13H14Cl2N4. The highest BCUT2D eigenvalue weighted by molar-refractivity contribution is 6.43. The lowest BCUT2D eigenvalue weighted by molar-refractivity contribution is 0.940. The minimum atomic E-state index is 0.457. The summed E-state index contributed by atoms with van der Waals surface area (Å²) in [6.07, 6.45) is 0.711. The van der Waals surface area contributed by atoms with Crippen LogP contribution in [0.5, 0.6) is 0 Å². The monoisotopic (exact) mass is 296 g/mol. The number of aryl methyl sites for hydroxylation is 1. The molecular weight excluding hydrogens is 283 g/mol. The van der Waals surface area contributed by atoms with E-state index in [2.05, 4.69) is 15.3 Å². The van der Waals surface area contributed by atoms with Crippen LogP contribution in [0.3, 0.4) is 0 Å². The van der Waals surface area contributed by atoms with Gasteiger partial charge in [0.15, 0.2) is 0 Å². The molecule has 0 bridgehead atoms. The van der Waals surface area contributed by atoms with Crippen molar-refractivity contribution in [2.75, 3.05) is 11.1 Å². The lowest BCUT2D eigenvalue weighted by Crippen LogP contribution is -2.06. The summed E-state index contributed by atoms with van der Waals surface area (Å²) in [6, 6.07) is 5.38. The summed E-state index contributed by atoms with van der Waals surface area (Å²) in [7, 11) is 0. The highest BCUT2D eigenvalue weighted by atomic mass is 35.5. The van der Waals surface area contributed by atoms with Crippen LogP contribution in [0, 0.1) is 6.92 Å². The molecule has 1 heterocycles. The molecule has 2 rings (SSSR count). The van der Waals surface area contributed by atoms with Gasteiger partial charge < -0.3 is 11.1 Å². The van der Waals surface area contributed by atoms with E-state index < -0.39 is 0 Å². The smallest absolute Gasteiger partial charge is 0.139 e. The topological polar surface area (TPSA) is 63.8 Å². The lowest BCUT2D eigenvalue weighted by Gasteiger charge is -2.13. The van der Waals surface area contributed by atoms with Crippen molar-refractivity contribution in [3.63, 3.8) is 0 Å². The fourth-order valence-corrected chi connectivity index (χ4v) is 1.94. The molecule has 0 spiro atoms. The molecule has 0 atom stereocenters. The van der Waals surface area contributed by atoms with Gasteiger partial charge in [0.2, 0.25) is 0 Å². The standard InChI is InChI=1S/C13H14Cl2N4/c1-3-10-18-12(16)7(2)13(19-10)17-9-6-4-5-8(14)11(9)15/h4-6H,3H2,1-2H3,(H3,16,17,18,19). The van der Waals surface area contributed by atoms with Crippen LogP contribution >= 0.6 is 23.2 Å². The van der Waals surface area contributed by atoms with Crippen LogP contribution in [0.15, 0.2) is 18.2 Å². The van der Waals surface area contributed by atoms with Gasteiger partial charge in [-0.25, -0.2) is 9.97 Å². The number of rotatable bonds is 3. The normalized spacial score (nSPS) is 10.5. The molecule has 100 valence electrons. The number of hydrogen-bond acceptors (Lipinski definition) is 4. The fourth-order valence-electron chi connectivity index (χ4n) is 1.59. The first-order valence-corrected chi connectivity index (χ1v) is 6.62. The molecule has 0 aliphatic carbocycles. The molecule has 3 N–H and O–H groups in total. The molecule has 19 heavy (non-hydrogen) atoms. The summed E-state index contributed by atoms with van der Waals surface area (Å²) < 4.78 is 0. The van der Waals surface area contributed by atoms with Crippen LogP contribution in [-0.2, 0) is 6.42 Å². The minimum Gasteiger partial charge on any atom is -0.383 e. The zero-order valence-electron chi connectivity index (χ0n) is 10.7. The average Bonchev–Trinajstić information content (AvgIpc) is 2.39. The van der Waals surface area contributed by atoms with Crippen LogP contribution < -0.4 is 11.1 Å². The molecule has 0 fully saturated rings. The molecule has 0 aliphatic heterocycles. The Morgan fingerprint density at radius 2 is 2.00 bits per heavy atom. The second-order valence-corrected chi connectivity index (χ2v) is 4.86. The number of halogens is 2. The third kappa shape index (κ3) is 2.91. The minimum absolute atomic E-state index is 0.457. The van der Waals surface area contributed by atoms with Crippen molar-refractivity contribution in [1.82, 2.24) is 9.97 Å². The van der Waals surface area contributed by atoms with E-state index in [-0.39, 0.29) is 0 Å². The highest BCUT2D eigenvalue weighted by Gasteiger charge is 2.10. The molecule has 0 aliphatic rings. The third-order valence-corrected chi connectivity index (χ3v) is 3.57. The Balaban J connectivity index is 2.43. The Labute approximate surface area is 122 Å². The first kappa shape index (κ1) is 13.9. The third-order valence-electron chi connectivity index (χ3n) is 2.75. The lowest BCUT2D eigenvalue weighted by atomic mass is 10.2. The maximum absolute atomic E-state index is 6.14. The largest absolute Gasteiger partial charge is 0.383 e. The van der Waals surface area contributed by atoms with E-state index in [1.54, 1.807) is 6.07 Å². The molecule has 0 saturated heterocycles. The van der Waals surface area contributed by atoms with Crippen molar-refractivity contribution < 1.29 is 0 Å². The van der Waals surface area contributed by atoms with Crippen LogP contribution in [0.1, 0.15) is 18.3 Å². The Kier molecular flexibility index (Phi) is 4.12. The Hall–Kier alpha value is -1.52. The van der Waals surface area contributed by atoms with Gasteiger partial charge in [0.05, 0.1) is 15.7 Å². The van der Waals surface area contributed by atoms with Gasteiger partial charge in [0, 0.05) is 12.0 Å². The fraction of sp³-hybridized carbons (Fsp3) is 0.231. The van der Waals surface area contributed by atoms with E-state index in [0.29, 0.717) is 39.6 Å². The number of benzene rings is 1. The summed E-state index contributed by atoms with van der Waals surface area (Å²) >= 11 is 12.1. The van der Waals surface area contributed by atoms with Crippen molar-refractivity contribution in [1.29, 1.82) is 0 Å². The second kappa shape index (κ2) is 5.63. The van der Waals surface area contributed by atoms with Crippen LogP contribution in [0.2, 0.25) is 10.0 Å². The average molecular weight is 297 g/mol. The molecule has 4 nitrogen and oxygen atoms in total. The number of hydrogen-bond donors (Lipinski definition) is 2. The van der Waals surface area contributed by atoms with Crippen LogP contribution in [0.25, 0.3) is 0 Å². The number of nitrogens with one attached hydrogen (secondary N) is 1. The van der Waals surface area contributed by atoms with E-state index in [4.69, 9.17) is 28.9 Å². The SMILES string of the molecule is CCc1nc(N)c(C)c(Nc2cccc(Cl)c2Cl)n1.